The molecule has 0 spiro atoms. The molecule has 0 aromatic carbocycles. The standard InChI is InChI=1S/C13H23NO3/c15-10-13(4-1-2-5-13)9-14-12(16)7-11-3-6-17-8-11/h11,15H,1-10H2,(H,14,16)/t11-/m1/s1. The zero-order chi connectivity index (χ0) is 12.1. The quantitative estimate of drug-likeness (QED) is 0.757. The lowest BCUT2D eigenvalue weighted by Gasteiger charge is -2.26. The average Bonchev–Trinajstić information content (AvgIpc) is 2.98. The lowest BCUT2D eigenvalue weighted by Crippen LogP contribution is -2.38. The maximum Gasteiger partial charge on any atom is 0.220 e. The molecule has 2 rings (SSSR count). The smallest absolute Gasteiger partial charge is 0.220 e. The second-order valence-corrected chi connectivity index (χ2v) is 5.58. The molecule has 1 aliphatic carbocycles. The van der Waals surface area contributed by atoms with Crippen molar-refractivity contribution in [1.29, 1.82) is 0 Å². The lowest BCUT2D eigenvalue weighted by molar-refractivity contribution is -0.122. The van der Waals surface area contributed by atoms with Gasteiger partial charge in [0.25, 0.3) is 0 Å². The Balaban J connectivity index is 1.71. The minimum absolute atomic E-state index is 0.0398. The summed E-state index contributed by atoms with van der Waals surface area (Å²) in [6.07, 6.45) is 5.99. The highest BCUT2D eigenvalue weighted by Gasteiger charge is 2.33. The van der Waals surface area contributed by atoms with Crippen molar-refractivity contribution < 1.29 is 14.6 Å². The fourth-order valence-corrected chi connectivity index (χ4v) is 2.88. The molecule has 0 aromatic heterocycles. The Morgan fingerprint density at radius 3 is 2.76 bits per heavy atom. The molecule has 4 heteroatoms. The predicted octanol–water partition coefficient (Wildman–Crippen LogP) is 1.08. The van der Waals surface area contributed by atoms with Crippen molar-refractivity contribution in [1.82, 2.24) is 5.32 Å². The molecule has 0 radical (unpaired) electrons. The van der Waals surface area contributed by atoms with Crippen LogP contribution in [0.1, 0.15) is 38.5 Å². The highest BCUT2D eigenvalue weighted by Crippen LogP contribution is 2.36. The van der Waals surface area contributed by atoms with Gasteiger partial charge < -0.3 is 15.2 Å². The number of amides is 1. The summed E-state index contributed by atoms with van der Waals surface area (Å²) in [4.78, 5) is 11.8. The van der Waals surface area contributed by atoms with Crippen LogP contribution in [-0.4, -0.2) is 37.4 Å². The van der Waals surface area contributed by atoms with E-state index in [1.165, 1.54) is 12.8 Å². The fourth-order valence-electron chi connectivity index (χ4n) is 2.88. The maximum absolute atomic E-state index is 11.8. The largest absolute Gasteiger partial charge is 0.396 e. The number of aliphatic hydroxyl groups is 1. The highest BCUT2D eigenvalue weighted by molar-refractivity contribution is 5.76. The van der Waals surface area contributed by atoms with Crippen LogP contribution in [0.25, 0.3) is 0 Å². The van der Waals surface area contributed by atoms with Crippen molar-refractivity contribution >= 4 is 5.91 Å². The summed E-state index contributed by atoms with van der Waals surface area (Å²) in [6.45, 7) is 2.34. The summed E-state index contributed by atoms with van der Waals surface area (Å²) in [7, 11) is 0. The first-order valence-electron chi connectivity index (χ1n) is 6.69. The van der Waals surface area contributed by atoms with Crippen molar-refractivity contribution in [3.63, 3.8) is 0 Å². The normalized spacial score (nSPS) is 27.2. The molecule has 1 saturated heterocycles. The van der Waals surface area contributed by atoms with E-state index in [2.05, 4.69) is 5.32 Å². The van der Waals surface area contributed by atoms with Crippen molar-refractivity contribution in [3.8, 4) is 0 Å². The molecule has 0 aromatic rings. The van der Waals surface area contributed by atoms with E-state index >= 15 is 0 Å². The van der Waals surface area contributed by atoms with Crippen LogP contribution in [-0.2, 0) is 9.53 Å². The molecule has 17 heavy (non-hydrogen) atoms. The molecule has 1 amide bonds. The van der Waals surface area contributed by atoms with E-state index in [1.807, 2.05) is 0 Å². The molecule has 0 unspecified atom stereocenters. The van der Waals surface area contributed by atoms with E-state index in [-0.39, 0.29) is 17.9 Å². The molecule has 1 saturated carbocycles. The number of rotatable bonds is 5. The number of nitrogens with one attached hydrogen (secondary N) is 1. The third kappa shape index (κ3) is 3.42. The number of carbonyl (C=O) groups is 1. The Labute approximate surface area is 103 Å². The first-order chi connectivity index (χ1) is 8.24. The van der Waals surface area contributed by atoms with Gasteiger partial charge in [0.15, 0.2) is 0 Å². The van der Waals surface area contributed by atoms with Crippen LogP contribution in [0.2, 0.25) is 0 Å². The van der Waals surface area contributed by atoms with Gasteiger partial charge in [0.05, 0.1) is 6.61 Å². The second kappa shape index (κ2) is 5.83. The first-order valence-corrected chi connectivity index (χ1v) is 6.69. The number of aliphatic hydroxyl groups excluding tert-OH is 1. The lowest BCUT2D eigenvalue weighted by atomic mass is 9.87. The number of ether oxygens (including phenoxy) is 1. The molecule has 2 aliphatic rings. The van der Waals surface area contributed by atoms with Crippen LogP contribution < -0.4 is 5.32 Å². The first kappa shape index (κ1) is 12.8. The van der Waals surface area contributed by atoms with Crippen molar-refractivity contribution in [2.75, 3.05) is 26.4 Å². The van der Waals surface area contributed by atoms with Crippen molar-refractivity contribution in [2.24, 2.45) is 11.3 Å². The second-order valence-electron chi connectivity index (χ2n) is 5.58. The van der Waals surface area contributed by atoms with Crippen LogP contribution in [0.3, 0.4) is 0 Å². The third-order valence-corrected chi connectivity index (χ3v) is 4.16. The molecule has 4 nitrogen and oxygen atoms in total. The van der Waals surface area contributed by atoms with Crippen LogP contribution in [0, 0.1) is 11.3 Å². The van der Waals surface area contributed by atoms with Gasteiger partial charge in [-0.1, -0.05) is 12.8 Å². The minimum Gasteiger partial charge on any atom is -0.396 e. The summed E-state index contributed by atoms with van der Waals surface area (Å²) in [5.74, 6) is 0.504. The summed E-state index contributed by atoms with van der Waals surface area (Å²) in [6, 6.07) is 0. The van der Waals surface area contributed by atoms with Gasteiger partial charge in [-0.3, -0.25) is 4.79 Å². The zero-order valence-corrected chi connectivity index (χ0v) is 10.4. The molecule has 0 bridgehead atoms. The molecule has 98 valence electrons. The van der Waals surface area contributed by atoms with Crippen molar-refractivity contribution in [3.05, 3.63) is 0 Å². The van der Waals surface area contributed by atoms with Gasteiger partial charge in [-0.2, -0.15) is 0 Å². The molecule has 1 heterocycles. The predicted molar refractivity (Wildman–Crippen MR) is 64.5 cm³/mol. The van der Waals surface area contributed by atoms with E-state index in [0.717, 1.165) is 32.5 Å². The van der Waals surface area contributed by atoms with E-state index in [4.69, 9.17) is 4.74 Å². The van der Waals surface area contributed by atoms with E-state index in [0.29, 0.717) is 18.9 Å². The molecular formula is C13H23NO3. The summed E-state index contributed by atoms with van der Waals surface area (Å²) >= 11 is 0. The minimum atomic E-state index is -0.0398. The summed E-state index contributed by atoms with van der Waals surface area (Å²) in [5, 5.41) is 12.4. The van der Waals surface area contributed by atoms with Gasteiger partial charge >= 0.3 is 0 Å². The maximum atomic E-state index is 11.8. The van der Waals surface area contributed by atoms with Crippen LogP contribution in [0.15, 0.2) is 0 Å². The van der Waals surface area contributed by atoms with Gasteiger partial charge in [0.1, 0.15) is 0 Å². The van der Waals surface area contributed by atoms with E-state index < -0.39 is 0 Å². The third-order valence-electron chi connectivity index (χ3n) is 4.16. The van der Waals surface area contributed by atoms with Gasteiger partial charge in [-0.05, 0) is 25.2 Å². The number of carbonyl (C=O) groups excluding carboxylic acids is 1. The Bertz CT molecular complexity index is 255. The number of hydrogen-bond acceptors (Lipinski definition) is 3. The highest BCUT2D eigenvalue weighted by atomic mass is 16.5. The topological polar surface area (TPSA) is 58.6 Å². The Morgan fingerprint density at radius 2 is 2.18 bits per heavy atom. The van der Waals surface area contributed by atoms with Gasteiger partial charge in [-0.15, -0.1) is 0 Å². The molecular weight excluding hydrogens is 218 g/mol. The summed E-state index contributed by atoms with van der Waals surface area (Å²) < 4.78 is 5.26. The van der Waals surface area contributed by atoms with Gasteiger partial charge in [0.2, 0.25) is 5.91 Å². The van der Waals surface area contributed by atoms with Crippen LogP contribution >= 0.6 is 0 Å². The Hall–Kier alpha value is -0.610. The van der Waals surface area contributed by atoms with Crippen molar-refractivity contribution in [2.45, 2.75) is 38.5 Å². The average molecular weight is 241 g/mol. The summed E-state index contributed by atoms with van der Waals surface area (Å²) in [5.41, 5.74) is -0.0398. The SMILES string of the molecule is O=C(C[C@H]1CCOC1)NCC1(CO)CCCC1. The molecule has 1 aliphatic heterocycles. The van der Waals surface area contributed by atoms with Crippen LogP contribution in [0.4, 0.5) is 0 Å². The van der Waals surface area contributed by atoms with E-state index in [1.54, 1.807) is 0 Å². The molecule has 1 atom stereocenters. The van der Waals surface area contributed by atoms with Gasteiger partial charge in [-0.25, -0.2) is 0 Å². The number of hydrogen-bond donors (Lipinski definition) is 2. The van der Waals surface area contributed by atoms with Crippen LogP contribution in [0.5, 0.6) is 0 Å². The monoisotopic (exact) mass is 241 g/mol. The molecule has 2 fully saturated rings. The zero-order valence-electron chi connectivity index (χ0n) is 10.4. The fraction of sp³-hybridized carbons (Fsp3) is 0.923. The van der Waals surface area contributed by atoms with E-state index in [9.17, 15) is 9.90 Å². The Morgan fingerprint density at radius 1 is 1.41 bits per heavy atom. The molecule has 2 N–H and O–H groups in total. The Kier molecular flexibility index (Phi) is 4.40. The van der Waals surface area contributed by atoms with Gasteiger partial charge in [0, 0.05) is 31.6 Å².